The van der Waals surface area contributed by atoms with E-state index in [0.717, 1.165) is 16.7 Å². The molecule has 0 radical (unpaired) electrons. The first-order valence-electron chi connectivity index (χ1n) is 8.16. The van der Waals surface area contributed by atoms with Crippen LogP contribution in [-0.4, -0.2) is 38.0 Å². The van der Waals surface area contributed by atoms with Crippen LogP contribution >= 0.6 is 0 Å². The number of nitrogens with zero attached hydrogens (tertiary/aromatic N) is 1. The number of sulfonamides is 1. The number of carbonyl (C=O) groups is 1. The monoisotopic (exact) mass is 360 g/mol. The number of aryl methyl sites for hydroxylation is 1. The second-order valence-electron chi connectivity index (χ2n) is 6.04. The summed E-state index contributed by atoms with van der Waals surface area (Å²) in [6, 6.07) is 17.1. The molecule has 2 aromatic rings. The van der Waals surface area contributed by atoms with Crippen molar-refractivity contribution in [3.63, 3.8) is 0 Å². The molecule has 0 saturated heterocycles. The van der Waals surface area contributed by atoms with Gasteiger partial charge in [0.05, 0.1) is 12.7 Å². The molecule has 0 aliphatic carbocycles. The Morgan fingerprint density at radius 2 is 1.68 bits per heavy atom. The first-order valence-corrected chi connectivity index (χ1v) is 10.0. The lowest BCUT2D eigenvalue weighted by Crippen LogP contribution is -2.38. The molecule has 1 N–H and O–H groups in total. The third kappa shape index (κ3) is 6.32. The highest BCUT2D eigenvalue weighted by molar-refractivity contribution is 7.88. The molecule has 0 unspecified atom stereocenters. The number of hydrogen-bond acceptors (Lipinski definition) is 3. The highest BCUT2D eigenvalue weighted by Gasteiger charge is 2.17. The Balaban J connectivity index is 1.88. The Hall–Kier alpha value is -2.18. The van der Waals surface area contributed by atoms with Crippen LogP contribution in [0, 0.1) is 6.92 Å². The quantitative estimate of drug-likeness (QED) is 0.784. The Morgan fingerprint density at radius 3 is 2.32 bits per heavy atom. The molecular formula is C19H24N2O3S. The van der Waals surface area contributed by atoms with Crippen LogP contribution in [0.3, 0.4) is 0 Å². The van der Waals surface area contributed by atoms with Crippen molar-refractivity contribution in [3.05, 3.63) is 71.3 Å². The van der Waals surface area contributed by atoms with Crippen LogP contribution in [0.5, 0.6) is 0 Å². The average molecular weight is 360 g/mol. The minimum atomic E-state index is -3.34. The lowest BCUT2D eigenvalue weighted by atomic mass is 10.1. The maximum atomic E-state index is 12.1. The average Bonchev–Trinajstić information content (AvgIpc) is 2.56. The van der Waals surface area contributed by atoms with Crippen molar-refractivity contribution in [3.8, 4) is 0 Å². The van der Waals surface area contributed by atoms with E-state index in [9.17, 15) is 13.2 Å². The van der Waals surface area contributed by atoms with Crippen molar-refractivity contribution in [1.82, 2.24) is 9.62 Å². The van der Waals surface area contributed by atoms with E-state index < -0.39 is 10.0 Å². The van der Waals surface area contributed by atoms with E-state index in [1.807, 2.05) is 61.5 Å². The fourth-order valence-electron chi connectivity index (χ4n) is 2.51. The number of carbonyl (C=O) groups excluding carboxylic acids is 1. The second kappa shape index (κ2) is 8.78. The van der Waals surface area contributed by atoms with Gasteiger partial charge in [-0.15, -0.1) is 0 Å². The van der Waals surface area contributed by atoms with Crippen molar-refractivity contribution in [2.45, 2.75) is 19.9 Å². The summed E-state index contributed by atoms with van der Waals surface area (Å²) < 4.78 is 25.3. The van der Waals surface area contributed by atoms with E-state index in [1.54, 1.807) is 0 Å². The van der Waals surface area contributed by atoms with Gasteiger partial charge in [0.25, 0.3) is 0 Å². The van der Waals surface area contributed by atoms with Gasteiger partial charge >= 0.3 is 0 Å². The van der Waals surface area contributed by atoms with Crippen molar-refractivity contribution in [2.24, 2.45) is 0 Å². The molecule has 0 aliphatic rings. The summed E-state index contributed by atoms with van der Waals surface area (Å²) in [4.78, 5) is 12.1. The summed E-state index contributed by atoms with van der Waals surface area (Å²) in [6.45, 7) is 2.79. The first kappa shape index (κ1) is 19.1. The highest BCUT2D eigenvalue weighted by atomic mass is 32.2. The van der Waals surface area contributed by atoms with E-state index in [1.165, 1.54) is 10.6 Å². The summed E-state index contributed by atoms with van der Waals surface area (Å²) in [7, 11) is -3.34. The normalized spacial score (nSPS) is 11.5. The molecule has 1 amide bonds. The maximum Gasteiger partial charge on any atom is 0.224 e. The smallest absolute Gasteiger partial charge is 0.224 e. The van der Waals surface area contributed by atoms with E-state index >= 15 is 0 Å². The van der Waals surface area contributed by atoms with Gasteiger partial charge in [-0.25, -0.2) is 8.42 Å². The van der Waals surface area contributed by atoms with Gasteiger partial charge < -0.3 is 5.32 Å². The summed E-state index contributed by atoms with van der Waals surface area (Å²) >= 11 is 0. The summed E-state index contributed by atoms with van der Waals surface area (Å²) in [5, 5.41) is 2.80. The van der Waals surface area contributed by atoms with E-state index in [-0.39, 0.29) is 19.0 Å². The van der Waals surface area contributed by atoms with Gasteiger partial charge in [-0.05, 0) is 23.6 Å². The highest BCUT2D eigenvalue weighted by Crippen LogP contribution is 2.09. The number of hydrogen-bond donors (Lipinski definition) is 1. The minimum absolute atomic E-state index is 0.109. The molecule has 5 nitrogen and oxygen atoms in total. The lowest BCUT2D eigenvalue weighted by Gasteiger charge is -2.20. The molecular weight excluding hydrogens is 336 g/mol. The third-order valence-corrected chi connectivity index (χ3v) is 5.22. The molecule has 0 saturated carbocycles. The van der Waals surface area contributed by atoms with Crippen molar-refractivity contribution >= 4 is 15.9 Å². The van der Waals surface area contributed by atoms with Gasteiger partial charge in [-0.1, -0.05) is 54.6 Å². The van der Waals surface area contributed by atoms with Crippen LogP contribution in [0.1, 0.15) is 16.7 Å². The van der Waals surface area contributed by atoms with Crippen LogP contribution in [0.15, 0.2) is 54.6 Å². The maximum absolute atomic E-state index is 12.1. The Bertz CT molecular complexity index is 804. The molecule has 0 fully saturated rings. The number of nitrogens with one attached hydrogen (secondary N) is 1. The molecule has 0 bridgehead atoms. The van der Waals surface area contributed by atoms with Crippen LogP contribution in [0.4, 0.5) is 0 Å². The molecule has 0 atom stereocenters. The van der Waals surface area contributed by atoms with E-state index in [4.69, 9.17) is 0 Å². The zero-order valence-electron chi connectivity index (χ0n) is 14.6. The van der Waals surface area contributed by atoms with Crippen LogP contribution in [-0.2, 0) is 27.8 Å². The predicted octanol–water partition coefficient (Wildman–Crippen LogP) is 2.12. The zero-order chi connectivity index (χ0) is 18.3. The van der Waals surface area contributed by atoms with Crippen molar-refractivity contribution in [1.29, 1.82) is 0 Å². The van der Waals surface area contributed by atoms with Gasteiger partial charge in [0.15, 0.2) is 0 Å². The largest absolute Gasteiger partial charge is 0.354 e. The molecule has 0 aliphatic heterocycles. The molecule has 134 valence electrons. The van der Waals surface area contributed by atoms with Crippen LogP contribution in [0.2, 0.25) is 0 Å². The van der Waals surface area contributed by atoms with Crippen LogP contribution < -0.4 is 5.32 Å². The summed E-state index contributed by atoms with van der Waals surface area (Å²) in [6.07, 6.45) is 1.48. The lowest BCUT2D eigenvalue weighted by molar-refractivity contribution is -0.120. The Morgan fingerprint density at radius 1 is 1.04 bits per heavy atom. The Labute approximate surface area is 149 Å². The Kier molecular flexibility index (Phi) is 6.73. The second-order valence-corrected chi connectivity index (χ2v) is 8.02. The topological polar surface area (TPSA) is 66.5 Å². The SMILES string of the molecule is Cc1ccccc1CC(=O)NCCN(Cc1ccccc1)S(C)(=O)=O. The van der Waals surface area contributed by atoms with Gasteiger partial charge in [-0.3, -0.25) is 4.79 Å². The van der Waals surface area contributed by atoms with Crippen molar-refractivity contribution in [2.75, 3.05) is 19.3 Å². The van der Waals surface area contributed by atoms with E-state index in [2.05, 4.69) is 5.32 Å². The molecule has 6 heteroatoms. The standard InChI is InChI=1S/C19H24N2O3S/c1-16-8-6-7-11-18(16)14-19(22)20-12-13-21(25(2,23)24)15-17-9-4-3-5-10-17/h3-11H,12-15H2,1-2H3,(H,20,22). The third-order valence-electron chi connectivity index (χ3n) is 3.97. The van der Waals surface area contributed by atoms with Crippen molar-refractivity contribution < 1.29 is 13.2 Å². The first-order chi connectivity index (χ1) is 11.9. The van der Waals surface area contributed by atoms with Gasteiger partial charge in [0, 0.05) is 19.6 Å². The van der Waals surface area contributed by atoms with Gasteiger partial charge in [0.2, 0.25) is 15.9 Å². The van der Waals surface area contributed by atoms with Crippen LogP contribution in [0.25, 0.3) is 0 Å². The van der Waals surface area contributed by atoms with Gasteiger partial charge in [0.1, 0.15) is 0 Å². The summed E-state index contributed by atoms with van der Waals surface area (Å²) in [5.41, 5.74) is 2.96. The molecule has 2 rings (SSSR count). The number of amides is 1. The van der Waals surface area contributed by atoms with E-state index in [0.29, 0.717) is 13.0 Å². The molecule has 2 aromatic carbocycles. The molecule has 0 heterocycles. The molecule has 0 aromatic heterocycles. The predicted molar refractivity (Wildman–Crippen MR) is 99.6 cm³/mol. The molecule has 25 heavy (non-hydrogen) atoms. The molecule has 0 spiro atoms. The fraction of sp³-hybridized carbons (Fsp3) is 0.316. The number of benzene rings is 2. The summed E-state index contributed by atoms with van der Waals surface area (Å²) in [5.74, 6) is -0.109. The zero-order valence-corrected chi connectivity index (χ0v) is 15.4. The number of rotatable bonds is 8. The fourth-order valence-corrected chi connectivity index (χ4v) is 3.32. The van der Waals surface area contributed by atoms with Gasteiger partial charge in [-0.2, -0.15) is 4.31 Å². The minimum Gasteiger partial charge on any atom is -0.354 e.